The Kier molecular flexibility index (Phi) is 22.2. The summed E-state index contributed by atoms with van der Waals surface area (Å²) in [6.07, 6.45) is 22.6. The Hall–Kier alpha value is 0.117. The quantitative estimate of drug-likeness (QED) is 0.0899. The van der Waals surface area contributed by atoms with Gasteiger partial charge < -0.3 is 14.0 Å². The van der Waals surface area contributed by atoms with Gasteiger partial charge in [0.25, 0.3) is 0 Å². The lowest BCUT2D eigenvalue weighted by Crippen LogP contribution is -2.34. The molecule has 1 heterocycles. The number of ether oxygens (including phenoxy) is 2. The molecule has 1 fully saturated rings. The van der Waals surface area contributed by atoms with Crippen LogP contribution in [0.25, 0.3) is 0 Å². The summed E-state index contributed by atoms with van der Waals surface area (Å²) < 4.78 is 14.5. The van der Waals surface area contributed by atoms with Crippen LogP contribution in [0.4, 0.5) is 0 Å². The van der Waals surface area contributed by atoms with E-state index in [9.17, 15) is 4.79 Å². The molecule has 1 rings (SSSR count). The Morgan fingerprint density at radius 3 is 2.29 bits per heavy atom. The van der Waals surface area contributed by atoms with Crippen LogP contribution in [-0.4, -0.2) is 58.2 Å². The number of unbranched alkanes of at least 4 members (excludes halogenated alkanes) is 10. The van der Waals surface area contributed by atoms with Gasteiger partial charge >= 0.3 is 0 Å². The van der Waals surface area contributed by atoms with Gasteiger partial charge in [0.05, 0.1) is 15.8 Å². The second kappa shape index (κ2) is 23.5. The van der Waals surface area contributed by atoms with Crippen LogP contribution in [0.2, 0.25) is 5.54 Å². The average Bonchev–Trinajstić information content (AvgIpc) is 2.82. The molecule has 6 heteroatoms. The molecule has 0 spiro atoms. The fourth-order valence-corrected chi connectivity index (χ4v) is 7.79. The summed E-state index contributed by atoms with van der Waals surface area (Å²) in [4.78, 5) is 12.1. The van der Waals surface area contributed by atoms with E-state index in [0.717, 1.165) is 50.1 Å². The van der Waals surface area contributed by atoms with Gasteiger partial charge in [0.15, 0.2) is 5.12 Å². The van der Waals surface area contributed by atoms with Crippen molar-refractivity contribution < 1.29 is 14.3 Å². The second-order valence-electron chi connectivity index (χ2n) is 10.5. The molecule has 0 aromatic heterocycles. The molecule has 4 nitrogen and oxygen atoms in total. The van der Waals surface area contributed by atoms with Crippen molar-refractivity contribution in [3.8, 4) is 0 Å². The fourth-order valence-electron chi connectivity index (χ4n) is 4.82. The number of carbonyl (C=O) groups is 1. The zero-order valence-corrected chi connectivity index (χ0v) is 25.2. The van der Waals surface area contributed by atoms with E-state index in [2.05, 4.69) is 25.5 Å². The third-order valence-electron chi connectivity index (χ3n) is 7.08. The van der Waals surface area contributed by atoms with Gasteiger partial charge in [-0.05, 0) is 57.7 Å². The van der Waals surface area contributed by atoms with Crippen molar-refractivity contribution in [2.75, 3.05) is 32.7 Å². The highest BCUT2D eigenvalue weighted by Crippen LogP contribution is 2.26. The summed E-state index contributed by atoms with van der Waals surface area (Å²) >= 11 is 1.58. The first-order chi connectivity index (χ1) is 16.7. The molecule has 0 amide bonds. The van der Waals surface area contributed by atoms with E-state index in [1.165, 1.54) is 89.9 Å². The Labute approximate surface area is 219 Å². The normalized spacial score (nSPS) is 20.4. The summed E-state index contributed by atoms with van der Waals surface area (Å²) in [5.41, 5.74) is 0.856. The molecular weight excluding hydrogens is 458 g/mol. The average molecular weight is 516 g/mol. The van der Waals surface area contributed by atoms with Crippen molar-refractivity contribution in [2.24, 2.45) is 0 Å². The van der Waals surface area contributed by atoms with Crippen molar-refractivity contribution in [1.82, 2.24) is 4.57 Å². The molecule has 34 heavy (non-hydrogen) atoms. The summed E-state index contributed by atoms with van der Waals surface area (Å²) in [7, 11) is 2.11. The maximum absolute atomic E-state index is 12.1. The van der Waals surface area contributed by atoms with E-state index in [1.807, 2.05) is 0 Å². The van der Waals surface area contributed by atoms with Crippen LogP contribution in [0.1, 0.15) is 129 Å². The Morgan fingerprint density at radius 2 is 1.56 bits per heavy atom. The lowest BCUT2D eigenvalue weighted by atomic mass is 10.1. The standard InChI is InChI=1S/C28H57NO3SSi/c1-4-6-8-10-11-13-15-23-31-25-32-26-19-20-27(34-29(3)22-21-26)17-16-24-33-28(30)18-14-12-9-7-5-2/h26-27H,4-25,34H2,1-3H3. The maximum atomic E-state index is 12.1. The monoisotopic (exact) mass is 515 g/mol. The SMILES string of the molecule is CCCCCCCCCOCOC1CCC(CCCSC(=O)CCCCCCC)[SiH2]N(C)CC1. The molecular formula is C28H57NO3SSi. The summed E-state index contributed by atoms with van der Waals surface area (Å²) in [6.45, 7) is 6.97. The van der Waals surface area contributed by atoms with Crippen molar-refractivity contribution >= 4 is 26.6 Å². The first kappa shape index (κ1) is 32.1. The van der Waals surface area contributed by atoms with Crippen LogP contribution in [0.5, 0.6) is 0 Å². The van der Waals surface area contributed by atoms with Gasteiger partial charge in [-0.3, -0.25) is 4.79 Å². The van der Waals surface area contributed by atoms with Crippen LogP contribution in [-0.2, 0) is 14.3 Å². The first-order valence-corrected chi connectivity index (χ1v) is 17.1. The summed E-state index contributed by atoms with van der Waals surface area (Å²) in [5, 5.41) is 0.411. The molecule has 0 N–H and O–H groups in total. The Balaban J connectivity index is 2.07. The smallest absolute Gasteiger partial charge is 0.188 e. The zero-order valence-electron chi connectivity index (χ0n) is 23.0. The van der Waals surface area contributed by atoms with E-state index in [4.69, 9.17) is 9.47 Å². The van der Waals surface area contributed by atoms with Gasteiger partial charge in [-0.25, -0.2) is 0 Å². The molecule has 0 aliphatic carbocycles. The second-order valence-corrected chi connectivity index (χ2v) is 14.2. The highest BCUT2D eigenvalue weighted by molar-refractivity contribution is 8.13. The van der Waals surface area contributed by atoms with Crippen molar-refractivity contribution in [3.63, 3.8) is 0 Å². The number of hydrogen-bond donors (Lipinski definition) is 0. The highest BCUT2D eigenvalue weighted by atomic mass is 32.2. The zero-order chi connectivity index (χ0) is 24.7. The van der Waals surface area contributed by atoms with E-state index >= 15 is 0 Å². The Morgan fingerprint density at radius 1 is 0.882 bits per heavy atom. The number of carbonyl (C=O) groups excluding carboxylic acids is 1. The number of rotatable bonds is 21. The summed E-state index contributed by atoms with van der Waals surface area (Å²) in [5.74, 6) is 1.01. The van der Waals surface area contributed by atoms with Crippen molar-refractivity contribution in [1.29, 1.82) is 0 Å². The minimum absolute atomic E-state index is 0.191. The van der Waals surface area contributed by atoms with Gasteiger partial charge in [0.1, 0.15) is 6.79 Å². The third-order valence-corrected chi connectivity index (χ3v) is 10.4. The van der Waals surface area contributed by atoms with Crippen LogP contribution < -0.4 is 0 Å². The van der Waals surface area contributed by atoms with Crippen molar-refractivity contribution in [3.05, 3.63) is 0 Å². The first-order valence-electron chi connectivity index (χ1n) is 14.7. The minimum Gasteiger partial charge on any atom is -0.355 e. The Bertz CT molecular complexity index is 469. The van der Waals surface area contributed by atoms with Crippen LogP contribution in [0.3, 0.4) is 0 Å². The van der Waals surface area contributed by atoms with Crippen LogP contribution in [0, 0.1) is 0 Å². The molecule has 0 radical (unpaired) electrons. The largest absolute Gasteiger partial charge is 0.355 e. The molecule has 0 aromatic carbocycles. The number of thioether (sulfide) groups is 1. The molecule has 1 aliphatic heterocycles. The van der Waals surface area contributed by atoms with Crippen LogP contribution >= 0.6 is 11.8 Å². The maximum Gasteiger partial charge on any atom is 0.188 e. The lowest BCUT2D eigenvalue weighted by Gasteiger charge is -2.30. The van der Waals surface area contributed by atoms with Crippen LogP contribution in [0.15, 0.2) is 0 Å². The topological polar surface area (TPSA) is 38.8 Å². The molecule has 1 saturated heterocycles. The number of hydrogen-bond acceptors (Lipinski definition) is 5. The minimum atomic E-state index is -0.191. The third kappa shape index (κ3) is 19.3. The fraction of sp³-hybridized carbons (Fsp3) is 0.964. The molecule has 0 saturated carbocycles. The van der Waals surface area contributed by atoms with Gasteiger partial charge in [0, 0.05) is 18.8 Å². The highest BCUT2D eigenvalue weighted by Gasteiger charge is 2.21. The van der Waals surface area contributed by atoms with Gasteiger partial charge in [-0.1, -0.05) is 96.2 Å². The van der Waals surface area contributed by atoms with Gasteiger partial charge in [-0.2, -0.15) is 0 Å². The molecule has 0 bridgehead atoms. The molecule has 202 valence electrons. The lowest BCUT2D eigenvalue weighted by molar-refractivity contribution is -0.111. The van der Waals surface area contributed by atoms with E-state index < -0.39 is 0 Å². The predicted octanol–water partition coefficient (Wildman–Crippen LogP) is 7.48. The molecule has 1 aliphatic rings. The molecule has 2 atom stereocenters. The number of nitrogens with zero attached hydrogens (tertiary/aromatic N) is 1. The molecule has 0 aromatic rings. The predicted molar refractivity (Wildman–Crippen MR) is 153 cm³/mol. The van der Waals surface area contributed by atoms with E-state index in [1.54, 1.807) is 11.8 Å². The van der Waals surface area contributed by atoms with Crippen molar-refractivity contribution in [2.45, 2.75) is 141 Å². The van der Waals surface area contributed by atoms with E-state index in [-0.39, 0.29) is 9.68 Å². The van der Waals surface area contributed by atoms with E-state index in [0.29, 0.717) is 18.0 Å². The summed E-state index contributed by atoms with van der Waals surface area (Å²) in [6, 6.07) is 0. The van der Waals surface area contributed by atoms with Gasteiger partial charge in [-0.15, -0.1) is 0 Å². The molecule has 2 unspecified atom stereocenters. The van der Waals surface area contributed by atoms with Gasteiger partial charge in [0.2, 0.25) is 0 Å².